The van der Waals surface area contributed by atoms with E-state index < -0.39 is 28.4 Å². The van der Waals surface area contributed by atoms with Gasteiger partial charge in [0, 0.05) is 17.0 Å². The highest BCUT2D eigenvalue weighted by molar-refractivity contribution is 8.01. The summed E-state index contributed by atoms with van der Waals surface area (Å²) in [5.41, 5.74) is 1.30. The number of aliphatic carboxylic acids is 1. The van der Waals surface area contributed by atoms with Gasteiger partial charge in [-0.15, -0.1) is 11.8 Å². The van der Waals surface area contributed by atoms with E-state index in [2.05, 4.69) is 10.6 Å². The predicted molar refractivity (Wildman–Crippen MR) is 91.4 cm³/mol. The molecule has 1 heterocycles. The first-order valence-electron chi connectivity index (χ1n) is 7.42. The van der Waals surface area contributed by atoms with Crippen LogP contribution in [0, 0.1) is 11.6 Å². The second-order valence-corrected chi connectivity index (χ2v) is 6.76. The van der Waals surface area contributed by atoms with Crippen molar-refractivity contribution in [1.29, 1.82) is 0 Å². The highest BCUT2D eigenvalue weighted by Crippen LogP contribution is 2.46. The van der Waals surface area contributed by atoms with Crippen molar-refractivity contribution < 1.29 is 23.5 Å². The summed E-state index contributed by atoms with van der Waals surface area (Å²) in [6.07, 6.45) is -0.138. The molecule has 130 valence electrons. The molecule has 0 fully saturated rings. The number of thioether (sulfide) groups is 1. The molecular weight excluding hydrogens is 350 g/mol. The molecule has 0 aromatic heterocycles. The Kier molecular flexibility index (Phi) is 4.63. The predicted octanol–water partition coefficient (Wildman–Crippen LogP) is 3.39. The number of amides is 1. The summed E-state index contributed by atoms with van der Waals surface area (Å²) < 4.78 is 26.6. The fraction of sp³-hybridized carbons (Fsp3) is 0.176. The Labute approximate surface area is 146 Å². The Morgan fingerprint density at radius 3 is 2.52 bits per heavy atom. The highest BCUT2D eigenvalue weighted by Gasteiger charge is 2.47. The zero-order valence-electron chi connectivity index (χ0n) is 12.9. The van der Waals surface area contributed by atoms with Crippen LogP contribution in [-0.4, -0.2) is 22.7 Å². The van der Waals surface area contributed by atoms with E-state index in [9.17, 15) is 18.4 Å². The first kappa shape index (κ1) is 17.2. The number of fused-ring (bicyclic) bond motifs is 1. The van der Waals surface area contributed by atoms with Crippen LogP contribution in [0.5, 0.6) is 0 Å². The van der Waals surface area contributed by atoms with Crippen molar-refractivity contribution in [1.82, 2.24) is 0 Å². The molecule has 1 aliphatic heterocycles. The number of benzene rings is 2. The second kappa shape index (κ2) is 6.72. The summed E-state index contributed by atoms with van der Waals surface area (Å²) in [6.45, 7) is 0. The summed E-state index contributed by atoms with van der Waals surface area (Å²) in [6, 6.07) is 9.37. The Hall–Kier alpha value is -2.61. The molecule has 0 spiro atoms. The van der Waals surface area contributed by atoms with Gasteiger partial charge in [-0.3, -0.25) is 9.59 Å². The average molecular weight is 364 g/mol. The maximum atomic E-state index is 13.5. The van der Waals surface area contributed by atoms with E-state index >= 15 is 0 Å². The quantitative estimate of drug-likeness (QED) is 0.685. The Morgan fingerprint density at radius 2 is 1.84 bits per heavy atom. The zero-order chi connectivity index (χ0) is 18.0. The third-order valence-electron chi connectivity index (χ3n) is 3.73. The molecule has 1 atom stereocenters. The van der Waals surface area contributed by atoms with E-state index in [1.807, 2.05) is 0 Å². The molecule has 1 unspecified atom stereocenters. The van der Waals surface area contributed by atoms with Crippen LogP contribution < -0.4 is 10.6 Å². The lowest BCUT2D eigenvalue weighted by molar-refractivity contribution is -0.136. The monoisotopic (exact) mass is 364 g/mol. The van der Waals surface area contributed by atoms with Gasteiger partial charge >= 0.3 is 5.97 Å². The molecular formula is C17H14F2N2O3S. The van der Waals surface area contributed by atoms with E-state index in [4.69, 9.17) is 5.11 Å². The van der Waals surface area contributed by atoms with Crippen LogP contribution in [0.4, 0.5) is 20.2 Å². The minimum atomic E-state index is -1.32. The number of carbonyl (C=O) groups is 2. The van der Waals surface area contributed by atoms with Gasteiger partial charge in [-0.25, -0.2) is 8.78 Å². The van der Waals surface area contributed by atoms with Crippen molar-refractivity contribution in [3.63, 3.8) is 0 Å². The van der Waals surface area contributed by atoms with Gasteiger partial charge in [0.25, 0.3) is 5.91 Å². The van der Waals surface area contributed by atoms with Gasteiger partial charge in [0.2, 0.25) is 0 Å². The Bertz CT molecular complexity index is 829. The van der Waals surface area contributed by atoms with Gasteiger partial charge in [0.15, 0.2) is 4.87 Å². The molecule has 3 N–H and O–H groups in total. The molecule has 3 rings (SSSR count). The molecule has 2 aromatic rings. The lowest BCUT2D eigenvalue weighted by atomic mass is 10.1. The third kappa shape index (κ3) is 3.43. The van der Waals surface area contributed by atoms with Crippen LogP contribution >= 0.6 is 11.8 Å². The first-order chi connectivity index (χ1) is 11.9. The normalized spacial score (nSPS) is 18.6. The number of halogens is 2. The van der Waals surface area contributed by atoms with Gasteiger partial charge in [-0.05, 0) is 36.4 Å². The average Bonchev–Trinajstić information content (AvgIpc) is 2.81. The largest absolute Gasteiger partial charge is 0.481 e. The van der Waals surface area contributed by atoms with Crippen LogP contribution in [0.3, 0.4) is 0 Å². The van der Waals surface area contributed by atoms with Crippen LogP contribution in [0.2, 0.25) is 0 Å². The van der Waals surface area contributed by atoms with Crippen molar-refractivity contribution in [3.8, 4) is 0 Å². The van der Waals surface area contributed by atoms with Crippen molar-refractivity contribution in [2.75, 3.05) is 16.4 Å². The first-order valence-corrected chi connectivity index (χ1v) is 8.40. The number of carboxylic acids is 1. The van der Waals surface area contributed by atoms with E-state index in [-0.39, 0.29) is 12.2 Å². The summed E-state index contributed by atoms with van der Waals surface area (Å²) in [4.78, 5) is 22.2. The molecule has 8 heteroatoms. The van der Waals surface area contributed by atoms with Crippen LogP contribution in [0.25, 0.3) is 0 Å². The molecule has 0 saturated carbocycles. The highest BCUT2D eigenvalue weighted by atomic mass is 32.2. The Balaban J connectivity index is 1.99. The van der Waals surface area contributed by atoms with Gasteiger partial charge in [-0.2, -0.15) is 0 Å². The zero-order valence-corrected chi connectivity index (χ0v) is 13.7. The number of carbonyl (C=O) groups excluding carboxylic acids is 1. The summed E-state index contributed by atoms with van der Waals surface area (Å²) in [5, 5.41) is 14.5. The van der Waals surface area contributed by atoms with E-state index in [0.29, 0.717) is 16.9 Å². The lowest BCUT2D eigenvalue weighted by Gasteiger charge is -2.29. The fourth-order valence-corrected chi connectivity index (χ4v) is 3.88. The second-order valence-electron chi connectivity index (χ2n) is 5.45. The standard InChI is InChI=1S/C17H14F2N2O3S/c18-10-1-4-12(5-2-10)21-17(25-8-7-15(22)23)13-6-3-11(19)9-14(13)20-16(17)24/h1-6,9,21H,7-8H2,(H,20,24)(H,22,23). The van der Waals surface area contributed by atoms with E-state index in [0.717, 1.165) is 11.8 Å². The van der Waals surface area contributed by atoms with Crippen molar-refractivity contribution in [3.05, 3.63) is 59.7 Å². The van der Waals surface area contributed by atoms with Gasteiger partial charge in [-0.1, -0.05) is 6.07 Å². The topological polar surface area (TPSA) is 78.4 Å². The van der Waals surface area contributed by atoms with E-state index in [1.54, 1.807) is 0 Å². The van der Waals surface area contributed by atoms with Gasteiger partial charge in [0.05, 0.1) is 12.1 Å². The molecule has 0 saturated heterocycles. The summed E-state index contributed by atoms with van der Waals surface area (Å²) in [5.74, 6) is -2.17. The van der Waals surface area contributed by atoms with Crippen LogP contribution in [-0.2, 0) is 14.5 Å². The molecule has 1 amide bonds. The number of carboxylic acid groups (broad SMARTS) is 1. The fourth-order valence-electron chi connectivity index (χ4n) is 2.59. The maximum Gasteiger partial charge on any atom is 0.304 e. The minimum Gasteiger partial charge on any atom is -0.481 e. The molecule has 0 radical (unpaired) electrons. The number of nitrogens with one attached hydrogen (secondary N) is 2. The smallest absolute Gasteiger partial charge is 0.304 e. The lowest BCUT2D eigenvalue weighted by Crippen LogP contribution is -2.39. The molecule has 2 aromatic carbocycles. The van der Waals surface area contributed by atoms with Crippen molar-refractivity contribution in [2.24, 2.45) is 0 Å². The van der Waals surface area contributed by atoms with Gasteiger partial charge in [0.1, 0.15) is 11.6 Å². The minimum absolute atomic E-state index is 0.138. The molecule has 0 aliphatic carbocycles. The molecule has 1 aliphatic rings. The number of hydrogen-bond acceptors (Lipinski definition) is 4. The maximum absolute atomic E-state index is 13.5. The molecule has 0 bridgehead atoms. The number of anilines is 2. The van der Waals surface area contributed by atoms with Crippen LogP contribution in [0.1, 0.15) is 12.0 Å². The van der Waals surface area contributed by atoms with Crippen molar-refractivity contribution in [2.45, 2.75) is 11.3 Å². The summed E-state index contributed by atoms with van der Waals surface area (Å²) in [7, 11) is 0. The third-order valence-corrected chi connectivity index (χ3v) is 5.08. The molecule has 25 heavy (non-hydrogen) atoms. The van der Waals surface area contributed by atoms with Gasteiger partial charge < -0.3 is 15.7 Å². The Morgan fingerprint density at radius 1 is 1.16 bits per heavy atom. The van der Waals surface area contributed by atoms with E-state index in [1.165, 1.54) is 42.5 Å². The van der Waals surface area contributed by atoms with Crippen molar-refractivity contribution >= 4 is 35.0 Å². The number of hydrogen-bond donors (Lipinski definition) is 3. The molecule has 5 nitrogen and oxygen atoms in total. The number of rotatable bonds is 6. The van der Waals surface area contributed by atoms with Crippen LogP contribution in [0.15, 0.2) is 42.5 Å². The summed E-state index contributed by atoms with van der Waals surface area (Å²) >= 11 is 1.10. The SMILES string of the molecule is O=C(O)CCSC1(Nc2ccc(F)cc2)C(=O)Nc2cc(F)ccc21.